The molecule has 0 bridgehead atoms. The highest BCUT2D eigenvalue weighted by molar-refractivity contribution is 7.27. The summed E-state index contributed by atoms with van der Waals surface area (Å²) < 4.78 is 5.29. The first-order valence-corrected chi connectivity index (χ1v) is 11.1. The maximum absolute atomic E-state index is 2.52. The predicted octanol–water partition coefficient (Wildman–Crippen LogP) is 8.36. The third kappa shape index (κ3) is 1.63. The normalized spacial score (nSPS) is 12.7. The van der Waals surface area contributed by atoms with Crippen LogP contribution in [0.25, 0.3) is 69.0 Å². The molecular weight excluding hydrogens is 382 g/mol. The smallest absolute Gasteiger partial charge is 0.0734 e. The molecule has 8 aromatic rings. The highest BCUT2D eigenvalue weighted by atomic mass is 32.1. The van der Waals surface area contributed by atoms with Crippen LogP contribution in [0, 0.1) is 0 Å². The average molecular weight is 398 g/mol. The van der Waals surface area contributed by atoms with Gasteiger partial charge in [0.15, 0.2) is 0 Å². The fraction of sp³-hybridized carbons (Fsp3) is 0. The van der Waals surface area contributed by atoms with Crippen LogP contribution in [0.3, 0.4) is 0 Å². The monoisotopic (exact) mass is 397 g/mol. The van der Waals surface area contributed by atoms with E-state index in [1.165, 1.54) is 69.0 Å². The fourth-order valence-electron chi connectivity index (χ4n) is 5.51. The Morgan fingerprint density at radius 2 is 1.27 bits per heavy atom. The summed E-state index contributed by atoms with van der Waals surface area (Å²) >= 11 is 1.94. The molecule has 3 aromatic heterocycles. The minimum Gasteiger partial charge on any atom is -0.307 e. The van der Waals surface area contributed by atoms with Crippen molar-refractivity contribution >= 4 is 80.4 Å². The van der Waals surface area contributed by atoms with Crippen LogP contribution in [0.4, 0.5) is 0 Å². The summed E-state index contributed by atoms with van der Waals surface area (Å²) in [6.07, 6.45) is 0. The Kier molecular flexibility index (Phi) is 2.59. The van der Waals surface area contributed by atoms with Gasteiger partial charge in [0.2, 0.25) is 0 Å². The lowest BCUT2D eigenvalue weighted by Gasteiger charge is -2.03. The molecule has 30 heavy (non-hydrogen) atoms. The van der Waals surface area contributed by atoms with Crippen LogP contribution >= 0.6 is 11.3 Å². The van der Waals surface area contributed by atoms with Crippen molar-refractivity contribution in [3.8, 4) is 0 Å². The summed E-state index contributed by atoms with van der Waals surface area (Å²) in [5, 5.41) is 10.8. The number of rotatable bonds is 0. The van der Waals surface area contributed by atoms with Crippen LogP contribution in [0.1, 0.15) is 0 Å². The van der Waals surface area contributed by atoms with E-state index < -0.39 is 0 Å². The maximum atomic E-state index is 2.52. The number of nitrogens with zero attached hydrogens (tertiary/aromatic N) is 1. The second-order valence-electron chi connectivity index (χ2n) is 8.16. The molecule has 0 N–H and O–H groups in total. The molecule has 1 nitrogen and oxygen atoms in total. The molecule has 138 valence electrons. The molecule has 0 saturated heterocycles. The lowest BCUT2D eigenvalue weighted by molar-refractivity contribution is 1.36. The average Bonchev–Trinajstić information content (AvgIpc) is 3.28. The van der Waals surface area contributed by atoms with Gasteiger partial charge in [-0.15, -0.1) is 11.3 Å². The molecule has 0 saturated carbocycles. The van der Waals surface area contributed by atoms with E-state index in [1.807, 2.05) is 11.3 Å². The molecule has 0 aliphatic carbocycles. The van der Waals surface area contributed by atoms with Gasteiger partial charge in [-0.1, -0.05) is 72.8 Å². The lowest BCUT2D eigenvalue weighted by atomic mass is 10.0. The Morgan fingerprint density at radius 3 is 2.23 bits per heavy atom. The van der Waals surface area contributed by atoms with Crippen molar-refractivity contribution < 1.29 is 0 Å². The third-order valence-corrected chi connectivity index (χ3v) is 7.87. The van der Waals surface area contributed by atoms with Crippen LogP contribution in [0.15, 0.2) is 91.0 Å². The third-order valence-electron chi connectivity index (χ3n) is 6.70. The van der Waals surface area contributed by atoms with Crippen LogP contribution in [0.5, 0.6) is 0 Å². The van der Waals surface area contributed by atoms with Gasteiger partial charge in [0, 0.05) is 26.2 Å². The van der Waals surface area contributed by atoms with Crippen molar-refractivity contribution in [3.05, 3.63) is 91.0 Å². The van der Waals surface area contributed by atoms with Crippen molar-refractivity contribution in [2.24, 2.45) is 0 Å². The number of aromatic nitrogens is 1. The number of para-hydroxylation sites is 1. The molecule has 0 aliphatic heterocycles. The van der Waals surface area contributed by atoms with Crippen molar-refractivity contribution in [3.63, 3.8) is 0 Å². The van der Waals surface area contributed by atoms with E-state index in [4.69, 9.17) is 0 Å². The maximum Gasteiger partial charge on any atom is 0.0734 e. The molecule has 0 spiro atoms. The summed E-state index contributed by atoms with van der Waals surface area (Å²) in [5.41, 5.74) is 3.94. The quantitative estimate of drug-likeness (QED) is 0.242. The Morgan fingerprint density at radius 1 is 0.500 bits per heavy atom. The van der Waals surface area contributed by atoms with E-state index in [0.29, 0.717) is 0 Å². The molecule has 2 heteroatoms. The van der Waals surface area contributed by atoms with Crippen molar-refractivity contribution in [2.75, 3.05) is 0 Å². The standard InChI is InChI=1S/C28H15NS/c1-2-8-18-16(6-1)12-14-22-25(18)28-27-26-23(30-28)15-13-17-7-5-10-20(24(17)26)19-9-3-4-11-21(19)29(22)27/h1-15H. The van der Waals surface area contributed by atoms with Gasteiger partial charge in [0.25, 0.3) is 0 Å². The molecule has 0 aliphatic rings. The number of benzene rings is 5. The van der Waals surface area contributed by atoms with E-state index in [0.717, 1.165) is 0 Å². The predicted molar refractivity (Wildman–Crippen MR) is 131 cm³/mol. The Labute approximate surface area is 175 Å². The summed E-state index contributed by atoms with van der Waals surface area (Å²) in [6, 6.07) is 33.6. The molecular formula is C28H15NS. The Hall–Kier alpha value is -3.62. The van der Waals surface area contributed by atoms with Crippen LogP contribution < -0.4 is 0 Å². The van der Waals surface area contributed by atoms with Gasteiger partial charge >= 0.3 is 0 Å². The largest absolute Gasteiger partial charge is 0.307 e. The highest BCUT2D eigenvalue weighted by Crippen LogP contribution is 2.48. The first kappa shape index (κ1) is 15.3. The highest BCUT2D eigenvalue weighted by Gasteiger charge is 2.21. The zero-order valence-corrected chi connectivity index (χ0v) is 16.8. The fourth-order valence-corrected chi connectivity index (χ4v) is 6.77. The molecule has 0 fully saturated rings. The van der Waals surface area contributed by atoms with E-state index in [1.54, 1.807) is 0 Å². The number of thiophene rings is 1. The van der Waals surface area contributed by atoms with Crippen molar-refractivity contribution in [2.45, 2.75) is 0 Å². The van der Waals surface area contributed by atoms with Gasteiger partial charge in [-0.2, -0.15) is 0 Å². The number of hydrogen-bond donors (Lipinski definition) is 0. The van der Waals surface area contributed by atoms with Gasteiger partial charge in [0.1, 0.15) is 0 Å². The van der Waals surface area contributed by atoms with Crippen molar-refractivity contribution in [1.29, 1.82) is 0 Å². The van der Waals surface area contributed by atoms with Gasteiger partial charge in [-0.05, 0) is 39.7 Å². The van der Waals surface area contributed by atoms with Gasteiger partial charge < -0.3 is 4.40 Å². The zero-order valence-electron chi connectivity index (χ0n) is 16.0. The summed E-state index contributed by atoms with van der Waals surface area (Å²) in [4.78, 5) is 0. The Balaban J connectivity index is 1.89. The second-order valence-corrected chi connectivity index (χ2v) is 9.21. The zero-order chi connectivity index (χ0) is 19.4. The van der Waals surface area contributed by atoms with Gasteiger partial charge in [-0.25, -0.2) is 0 Å². The topological polar surface area (TPSA) is 4.41 Å². The van der Waals surface area contributed by atoms with Gasteiger partial charge in [0.05, 0.1) is 21.3 Å². The molecule has 0 atom stereocenters. The second kappa shape index (κ2) is 5.10. The molecule has 5 aromatic carbocycles. The number of hydrogen-bond acceptors (Lipinski definition) is 1. The SMILES string of the molecule is c1ccc2c(c1)ccc1c2c2sc3ccc4cccc5c6ccccc6n1c2c3c45. The molecule has 0 unspecified atom stereocenters. The van der Waals surface area contributed by atoms with Crippen LogP contribution in [-0.4, -0.2) is 4.40 Å². The molecule has 3 heterocycles. The van der Waals surface area contributed by atoms with Crippen LogP contribution in [-0.2, 0) is 0 Å². The lowest BCUT2D eigenvalue weighted by Crippen LogP contribution is -1.84. The van der Waals surface area contributed by atoms with Gasteiger partial charge in [-0.3, -0.25) is 0 Å². The van der Waals surface area contributed by atoms with E-state index in [-0.39, 0.29) is 0 Å². The summed E-state index contributed by atoms with van der Waals surface area (Å²) in [5.74, 6) is 0. The van der Waals surface area contributed by atoms with E-state index in [9.17, 15) is 0 Å². The Bertz CT molecular complexity index is 1950. The minimum atomic E-state index is 1.27. The van der Waals surface area contributed by atoms with Crippen LogP contribution in [0.2, 0.25) is 0 Å². The summed E-state index contributed by atoms with van der Waals surface area (Å²) in [7, 11) is 0. The summed E-state index contributed by atoms with van der Waals surface area (Å²) in [6.45, 7) is 0. The minimum absolute atomic E-state index is 1.27. The van der Waals surface area contributed by atoms with Crippen molar-refractivity contribution in [1.82, 2.24) is 4.40 Å². The number of fused-ring (bicyclic) bond motifs is 8. The first-order valence-electron chi connectivity index (χ1n) is 10.3. The first-order chi connectivity index (χ1) is 14.9. The molecule has 0 radical (unpaired) electrons. The van der Waals surface area contributed by atoms with E-state index >= 15 is 0 Å². The van der Waals surface area contributed by atoms with E-state index in [2.05, 4.69) is 95.4 Å². The molecule has 8 rings (SSSR count). The molecule has 0 amide bonds.